The van der Waals surface area contributed by atoms with Gasteiger partial charge in [0.05, 0.1) is 22.6 Å². The molecule has 5 aromatic rings. The summed E-state index contributed by atoms with van der Waals surface area (Å²) >= 11 is 6.11. The van der Waals surface area contributed by atoms with Gasteiger partial charge < -0.3 is 26.0 Å². The molecule has 0 saturated heterocycles. The van der Waals surface area contributed by atoms with E-state index in [1.165, 1.54) is 30.1 Å². The van der Waals surface area contributed by atoms with Crippen LogP contribution < -0.4 is 21.3 Å². The maximum Gasteiger partial charge on any atom is 0.340 e. The van der Waals surface area contributed by atoms with Gasteiger partial charge in [0.15, 0.2) is 0 Å². The highest BCUT2D eigenvalue weighted by Gasteiger charge is 2.27. The van der Waals surface area contributed by atoms with Crippen molar-refractivity contribution in [3.05, 3.63) is 113 Å². The minimum absolute atomic E-state index is 0.0598. The lowest BCUT2D eigenvalue weighted by Gasteiger charge is -2.22. The standard InChI is InChI=1S/C36H33ClN8O6/c1-21(39-33(48)34(49)41-28-19-24(37)15-18-29(28)45-20-38-43-44-45)31(46)42-30-26(11-8-12-27(30)35(50)51-36(2,3)4)22-13-16-25(17-14-22)40-32(47)23-9-6-5-7-10-23/h5-21H,1-4H3,(H,39,48)(H,40,47)(H,41,49)(H,42,46). The third-order valence-corrected chi connectivity index (χ3v) is 7.41. The number of rotatable bonds is 9. The van der Waals surface area contributed by atoms with Gasteiger partial charge in [-0.2, -0.15) is 4.68 Å². The van der Waals surface area contributed by atoms with Gasteiger partial charge in [-0.3, -0.25) is 19.2 Å². The van der Waals surface area contributed by atoms with Crippen molar-refractivity contribution in [3.63, 3.8) is 0 Å². The first-order valence-electron chi connectivity index (χ1n) is 15.6. The zero-order valence-corrected chi connectivity index (χ0v) is 28.7. The van der Waals surface area contributed by atoms with Crippen LogP contribution in [-0.2, 0) is 19.1 Å². The van der Waals surface area contributed by atoms with E-state index in [4.69, 9.17) is 16.3 Å². The van der Waals surface area contributed by atoms with Crippen LogP contribution in [0.25, 0.3) is 16.8 Å². The lowest BCUT2D eigenvalue weighted by Crippen LogP contribution is -2.46. The summed E-state index contributed by atoms with van der Waals surface area (Å²) in [5.41, 5.74) is 1.91. The maximum absolute atomic E-state index is 13.5. The molecule has 5 rings (SSSR count). The molecule has 0 saturated carbocycles. The van der Waals surface area contributed by atoms with Crippen LogP contribution in [0.3, 0.4) is 0 Å². The monoisotopic (exact) mass is 708 g/mol. The van der Waals surface area contributed by atoms with Crippen LogP contribution in [0.15, 0.2) is 97.3 Å². The Morgan fingerprint density at radius 1 is 0.824 bits per heavy atom. The van der Waals surface area contributed by atoms with Crippen molar-refractivity contribution in [1.82, 2.24) is 25.5 Å². The number of aromatic nitrogens is 4. The molecule has 14 nitrogen and oxygen atoms in total. The topological polar surface area (TPSA) is 186 Å². The van der Waals surface area contributed by atoms with Crippen LogP contribution in [-0.4, -0.2) is 61.4 Å². The highest BCUT2D eigenvalue weighted by atomic mass is 35.5. The number of para-hydroxylation sites is 1. The third kappa shape index (κ3) is 9.19. The van der Waals surface area contributed by atoms with Crippen molar-refractivity contribution >= 4 is 58.3 Å². The number of ether oxygens (including phenoxy) is 1. The minimum Gasteiger partial charge on any atom is -0.456 e. The first-order chi connectivity index (χ1) is 24.3. The molecule has 0 bridgehead atoms. The van der Waals surface area contributed by atoms with Crippen molar-refractivity contribution in [2.75, 3.05) is 16.0 Å². The molecule has 51 heavy (non-hydrogen) atoms. The zero-order valence-electron chi connectivity index (χ0n) is 27.9. The van der Waals surface area contributed by atoms with E-state index in [1.807, 2.05) is 6.07 Å². The van der Waals surface area contributed by atoms with E-state index in [0.717, 1.165) is 0 Å². The Kier molecular flexibility index (Phi) is 10.9. The van der Waals surface area contributed by atoms with Gasteiger partial charge >= 0.3 is 17.8 Å². The Hall–Kier alpha value is -6.41. The number of tetrazole rings is 1. The van der Waals surface area contributed by atoms with Gasteiger partial charge in [0.1, 0.15) is 18.0 Å². The number of anilines is 3. The van der Waals surface area contributed by atoms with Crippen molar-refractivity contribution in [3.8, 4) is 16.8 Å². The Labute approximate surface area is 297 Å². The molecular formula is C36H33ClN8O6. The first kappa shape index (κ1) is 35.9. The molecule has 0 fully saturated rings. The minimum atomic E-state index is -1.24. The maximum atomic E-state index is 13.5. The number of hydrogen-bond acceptors (Lipinski definition) is 9. The average molecular weight is 709 g/mol. The van der Waals surface area contributed by atoms with Gasteiger partial charge in [-0.25, -0.2) is 4.79 Å². The fourth-order valence-corrected chi connectivity index (χ4v) is 4.95. The highest BCUT2D eigenvalue weighted by molar-refractivity contribution is 6.40. The van der Waals surface area contributed by atoms with E-state index >= 15 is 0 Å². The van der Waals surface area contributed by atoms with E-state index < -0.39 is 35.3 Å². The molecule has 4 amide bonds. The summed E-state index contributed by atoms with van der Waals surface area (Å²) in [7, 11) is 0. The van der Waals surface area contributed by atoms with E-state index in [2.05, 4.69) is 36.8 Å². The molecule has 1 aromatic heterocycles. The van der Waals surface area contributed by atoms with Gasteiger partial charge in [0.25, 0.3) is 5.91 Å². The summed E-state index contributed by atoms with van der Waals surface area (Å²) < 4.78 is 6.89. The molecular weight excluding hydrogens is 676 g/mol. The Bertz CT molecular complexity index is 2080. The molecule has 0 radical (unpaired) electrons. The van der Waals surface area contributed by atoms with E-state index in [-0.39, 0.29) is 27.9 Å². The summed E-state index contributed by atoms with van der Waals surface area (Å²) in [6.07, 6.45) is 1.30. The quantitative estimate of drug-likeness (QED) is 0.117. The first-order valence-corrected chi connectivity index (χ1v) is 16.0. The number of carbonyl (C=O) groups excluding carboxylic acids is 5. The number of esters is 1. The lowest BCUT2D eigenvalue weighted by atomic mass is 9.99. The molecule has 4 aromatic carbocycles. The molecule has 1 heterocycles. The van der Waals surface area contributed by atoms with Crippen LogP contribution in [0.4, 0.5) is 17.1 Å². The van der Waals surface area contributed by atoms with Crippen LogP contribution in [0, 0.1) is 0 Å². The number of nitrogens with zero attached hydrogens (tertiary/aromatic N) is 4. The number of nitrogens with one attached hydrogen (secondary N) is 4. The molecule has 1 unspecified atom stereocenters. The van der Waals surface area contributed by atoms with Crippen molar-refractivity contribution in [2.24, 2.45) is 0 Å². The van der Waals surface area contributed by atoms with Crippen LogP contribution >= 0.6 is 11.6 Å². The smallest absolute Gasteiger partial charge is 0.340 e. The Morgan fingerprint density at radius 2 is 1.55 bits per heavy atom. The van der Waals surface area contributed by atoms with Gasteiger partial charge in [-0.05, 0) is 92.2 Å². The number of amides is 4. The zero-order chi connectivity index (χ0) is 36.7. The van der Waals surface area contributed by atoms with E-state index in [0.29, 0.717) is 28.1 Å². The van der Waals surface area contributed by atoms with Crippen LogP contribution in [0.2, 0.25) is 5.02 Å². The Morgan fingerprint density at radius 3 is 2.22 bits per heavy atom. The van der Waals surface area contributed by atoms with Crippen LogP contribution in [0.1, 0.15) is 48.4 Å². The summed E-state index contributed by atoms with van der Waals surface area (Å²) in [4.78, 5) is 65.4. The fourth-order valence-electron chi connectivity index (χ4n) is 4.77. The fraction of sp³-hybridized carbons (Fsp3) is 0.167. The average Bonchev–Trinajstić information content (AvgIpc) is 3.63. The van der Waals surface area contributed by atoms with Crippen molar-refractivity contribution < 1.29 is 28.7 Å². The molecule has 4 N–H and O–H groups in total. The SMILES string of the molecule is CC(NC(=O)C(=O)Nc1cc(Cl)ccc1-n1cnnn1)C(=O)Nc1c(C(=O)OC(C)(C)C)cccc1-c1ccc(NC(=O)c2ccccc2)cc1. The summed E-state index contributed by atoms with van der Waals surface area (Å²) in [6.45, 7) is 6.53. The third-order valence-electron chi connectivity index (χ3n) is 7.17. The van der Waals surface area contributed by atoms with Crippen LogP contribution in [0.5, 0.6) is 0 Å². The van der Waals surface area contributed by atoms with E-state index in [9.17, 15) is 24.0 Å². The Balaban J connectivity index is 1.35. The largest absolute Gasteiger partial charge is 0.456 e. The molecule has 0 spiro atoms. The summed E-state index contributed by atoms with van der Waals surface area (Å²) in [5, 5.41) is 21.6. The number of carbonyl (C=O) groups is 5. The van der Waals surface area contributed by atoms with Crippen molar-refractivity contribution in [2.45, 2.75) is 39.3 Å². The molecule has 0 aliphatic carbocycles. The van der Waals surface area contributed by atoms with Gasteiger partial charge in [-0.15, -0.1) is 5.10 Å². The number of halogens is 1. The van der Waals surface area contributed by atoms with Gasteiger partial charge in [0.2, 0.25) is 5.91 Å². The predicted octanol–water partition coefficient (Wildman–Crippen LogP) is 5.27. The number of benzene rings is 4. The number of hydrogen-bond donors (Lipinski definition) is 4. The van der Waals surface area contributed by atoms with Gasteiger partial charge in [-0.1, -0.05) is 54.1 Å². The highest BCUT2D eigenvalue weighted by Crippen LogP contribution is 2.33. The van der Waals surface area contributed by atoms with Gasteiger partial charge in [0, 0.05) is 21.8 Å². The molecule has 0 aliphatic rings. The lowest BCUT2D eigenvalue weighted by molar-refractivity contribution is -0.137. The molecule has 260 valence electrons. The van der Waals surface area contributed by atoms with Crippen molar-refractivity contribution in [1.29, 1.82) is 0 Å². The molecule has 1 atom stereocenters. The normalized spacial score (nSPS) is 11.5. The molecule has 15 heteroatoms. The van der Waals surface area contributed by atoms with E-state index in [1.54, 1.807) is 93.6 Å². The second-order valence-electron chi connectivity index (χ2n) is 12.2. The second kappa shape index (κ2) is 15.4. The predicted molar refractivity (Wildman–Crippen MR) is 190 cm³/mol. The summed E-state index contributed by atoms with van der Waals surface area (Å²) in [5.74, 6) is -3.90. The summed E-state index contributed by atoms with van der Waals surface area (Å²) in [6, 6.07) is 23.7. The molecule has 0 aliphatic heterocycles. The second-order valence-corrected chi connectivity index (χ2v) is 12.6.